The van der Waals surface area contributed by atoms with Crippen molar-refractivity contribution in [1.82, 2.24) is 21.3 Å². The molecule has 21 heteroatoms. The van der Waals surface area contributed by atoms with Crippen molar-refractivity contribution in [3.63, 3.8) is 0 Å². The van der Waals surface area contributed by atoms with Crippen LogP contribution in [-0.2, 0) is 46.6 Å². The number of benzene rings is 4. The van der Waals surface area contributed by atoms with Crippen molar-refractivity contribution >= 4 is 63.4 Å². The van der Waals surface area contributed by atoms with E-state index < -0.39 is 15.6 Å². The van der Waals surface area contributed by atoms with Gasteiger partial charge in [-0.25, -0.2) is 0 Å². The molecule has 5 rings (SSSR count). The number of hydrogen-bond donors (Lipinski definition) is 4. The van der Waals surface area contributed by atoms with Crippen LogP contribution in [0.2, 0.25) is 0 Å². The van der Waals surface area contributed by atoms with Gasteiger partial charge in [-0.05, 0) is 0 Å². The van der Waals surface area contributed by atoms with Gasteiger partial charge in [0.1, 0.15) is 0 Å². The Hall–Kier alpha value is -1.56. The van der Waals surface area contributed by atoms with E-state index in [0.29, 0.717) is 0 Å². The SMILES string of the molecule is F[P-](F)(F)(F)(F)F.F[P-](F)(F)(F)(F)F.[Pd+2].c1ccc2c(c1)CNCCNCc1ccccc1[Se]c1ccccc1CNCCNCc1ccccc1[Se]2. The van der Waals surface area contributed by atoms with Gasteiger partial charge >= 0.3 is 327 Å². The van der Waals surface area contributed by atoms with Gasteiger partial charge < -0.3 is 0 Å². The maximum absolute atomic E-state index is 10.7. The molecular weight excluding hydrogens is 995 g/mol. The molecule has 4 N–H and O–H groups in total. The number of rotatable bonds is 0. The molecule has 0 fully saturated rings. The van der Waals surface area contributed by atoms with E-state index in [-0.39, 0.29) is 50.3 Å². The van der Waals surface area contributed by atoms with E-state index in [4.69, 9.17) is 0 Å². The van der Waals surface area contributed by atoms with Gasteiger partial charge in [-0.1, -0.05) is 0 Å². The average Bonchev–Trinajstić information content (AvgIpc) is 3.00. The van der Waals surface area contributed by atoms with Crippen LogP contribution in [0.1, 0.15) is 22.3 Å². The van der Waals surface area contributed by atoms with Crippen molar-refractivity contribution in [2.75, 3.05) is 26.2 Å². The molecule has 1 heterocycles. The summed E-state index contributed by atoms with van der Waals surface area (Å²) in [5.41, 5.74) is 5.64. The number of fused-ring (bicyclic) bond motifs is 4. The predicted molar refractivity (Wildman–Crippen MR) is 190 cm³/mol. The first-order chi connectivity index (χ1) is 23.8. The van der Waals surface area contributed by atoms with Gasteiger partial charge in [0.15, 0.2) is 0 Å². The van der Waals surface area contributed by atoms with Crippen LogP contribution in [0.5, 0.6) is 0 Å². The fourth-order valence-corrected chi connectivity index (χ4v) is 8.98. The molecule has 0 bridgehead atoms. The molecule has 300 valence electrons. The fourth-order valence-electron chi connectivity index (χ4n) is 4.48. The summed E-state index contributed by atoms with van der Waals surface area (Å²) in [4.78, 5) is 0. The molecule has 0 saturated heterocycles. The monoisotopic (exact) mass is 1030 g/mol. The first kappa shape index (κ1) is 47.6. The standard InChI is InChI=1S/C32H36N4Se2.2F6P.Pd/c1-5-13-29-25(9-1)21-33-17-18-34-23-27-11-3-7-15-31(27)38-32-16-8-4-12-28(32)24-36-20-19-35-22-26-10-2-6-14-30(26)37-29;2*1-7(2,3,4,5)6;/h1-16,33-36H,17-24H2;;;/q;2*-1;+2. The van der Waals surface area contributed by atoms with Crippen LogP contribution < -0.4 is 39.1 Å². The Morgan fingerprint density at radius 3 is 0.698 bits per heavy atom. The Morgan fingerprint density at radius 1 is 0.340 bits per heavy atom. The quantitative estimate of drug-likeness (QED) is 0.0826. The predicted octanol–water partition coefficient (Wildman–Crippen LogP) is 7.83. The molecule has 0 spiro atoms. The van der Waals surface area contributed by atoms with E-state index in [9.17, 15) is 50.4 Å². The molecule has 4 aromatic carbocycles. The fraction of sp³-hybridized carbons (Fsp3) is 0.250. The Bertz CT molecular complexity index is 1520. The zero-order valence-corrected chi connectivity index (χ0v) is 34.2. The molecule has 4 aromatic rings. The van der Waals surface area contributed by atoms with Crippen LogP contribution in [0.4, 0.5) is 50.4 Å². The molecule has 0 saturated carbocycles. The van der Waals surface area contributed by atoms with E-state index in [0.717, 1.165) is 52.4 Å². The number of halogens is 12. The summed E-state index contributed by atoms with van der Waals surface area (Å²) in [6.45, 7) is 7.41. The van der Waals surface area contributed by atoms with Crippen molar-refractivity contribution in [2.24, 2.45) is 0 Å². The van der Waals surface area contributed by atoms with Crippen LogP contribution in [0, 0.1) is 0 Å². The number of hydrogen-bond acceptors (Lipinski definition) is 4. The molecule has 4 nitrogen and oxygen atoms in total. The molecule has 0 radical (unpaired) electrons. The second-order valence-electron chi connectivity index (χ2n) is 11.3. The minimum absolute atomic E-state index is 0. The maximum atomic E-state index is 9.87. The zero-order chi connectivity index (χ0) is 38.6. The summed E-state index contributed by atoms with van der Waals surface area (Å²) in [6.07, 6.45) is 0. The van der Waals surface area contributed by atoms with Crippen molar-refractivity contribution in [3.8, 4) is 0 Å². The molecule has 0 aliphatic carbocycles. The van der Waals surface area contributed by atoms with Crippen molar-refractivity contribution in [3.05, 3.63) is 119 Å². The summed E-state index contributed by atoms with van der Waals surface area (Å²) in [5, 5.41) is 14.7. The average molecular weight is 1030 g/mol. The van der Waals surface area contributed by atoms with E-state index in [1.807, 2.05) is 0 Å². The summed E-state index contributed by atoms with van der Waals surface area (Å²) in [6, 6.07) is 35.7. The van der Waals surface area contributed by atoms with E-state index >= 15 is 0 Å². The van der Waals surface area contributed by atoms with Gasteiger partial charge in [0.05, 0.1) is 0 Å². The van der Waals surface area contributed by atoms with Crippen molar-refractivity contribution < 1.29 is 70.8 Å². The van der Waals surface area contributed by atoms with Crippen LogP contribution in [0.15, 0.2) is 97.1 Å². The van der Waals surface area contributed by atoms with E-state index in [1.165, 1.54) is 40.1 Å². The Balaban J connectivity index is 0.000000551. The molecule has 0 unspecified atom stereocenters. The van der Waals surface area contributed by atoms with Crippen LogP contribution in [0.25, 0.3) is 0 Å². The second kappa shape index (κ2) is 18.1. The molecule has 53 heavy (non-hydrogen) atoms. The Morgan fingerprint density at radius 2 is 0.509 bits per heavy atom. The summed E-state index contributed by atoms with van der Waals surface area (Å²) >= 11 is 0.554. The van der Waals surface area contributed by atoms with Crippen molar-refractivity contribution in [2.45, 2.75) is 26.2 Å². The van der Waals surface area contributed by atoms with Gasteiger partial charge in [0.25, 0.3) is 0 Å². The zero-order valence-electron chi connectivity index (χ0n) is 27.5. The molecule has 0 aromatic heterocycles. The first-order valence-electron chi connectivity index (χ1n) is 15.4. The molecular formula is C32H36F12N4P2PdSe2. The third kappa shape index (κ3) is 25.3. The molecule has 0 amide bonds. The van der Waals surface area contributed by atoms with Gasteiger partial charge in [0, 0.05) is 0 Å². The molecule has 0 atom stereocenters. The van der Waals surface area contributed by atoms with Gasteiger partial charge in [-0.15, -0.1) is 0 Å². The van der Waals surface area contributed by atoms with Gasteiger partial charge in [-0.3, -0.25) is 0 Å². The molecule has 1 aliphatic rings. The molecule has 1 aliphatic heterocycles. The number of nitrogens with one attached hydrogen (secondary N) is 4. The van der Waals surface area contributed by atoms with E-state index in [1.54, 1.807) is 0 Å². The summed E-state index contributed by atoms with van der Waals surface area (Å²) in [7, 11) is -21.3. The van der Waals surface area contributed by atoms with Gasteiger partial charge in [-0.2, -0.15) is 0 Å². The van der Waals surface area contributed by atoms with Crippen LogP contribution >= 0.6 is 15.6 Å². The Kier molecular flexibility index (Phi) is 16.3. The van der Waals surface area contributed by atoms with Crippen LogP contribution in [-0.4, -0.2) is 56.1 Å². The topological polar surface area (TPSA) is 48.1 Å². The summed E-state index contributed by atoms with van der Waals surface area (Å²) in [5.74, 6) is 0. The van der Waals surface area contributed by atoms with Crippen molar-refractivity contribution in [1.29, 1.82) is 0 Å². The van der Waals surface area contributed by atoms with E-state index in [2.05, 4.69) is 118 Å². The van der Waals surface area contributed by atoms with Crippen LogP contribution in [0.3, 0.4) is 0 Å². The normalized spacial score (nSPS) is 17.6. The first-order valence-corrected chi connectivity index (χ1v) is 22.9. The Labute approximate surface area is 325 Å². The second-order valence-corrected chi connectivity index (χ2v) is 19.6. The third-order valence-corrected chi connectivity index (χ3v) is 11.7. The summed E-state index contributed by atoms with van der Waals surface area (Å²) < 4.78 is 124. The minimum atomic E-state index is -10.7. The third-order valence-electron chi connectivity index (χ3n) is 6.55. The van der Waals surface area contributed by atoms with Gasteiger partial charge in [0.2, 0.25) is 0 Å².